The molecule has 3 atom stereocenters. The Morgan fingerprint density at radius 1 is 0.591 bits per heavy atom. The van der Waals surface area contributed by atoms with Gasteiger partial charge in [-0.05, 0) is 69.1 Å². The first kappa shape index (κ1) is 32.4. The van der Waals surface area contributed by atoms with Crippen molar-refractivity contribution >= 4 is 18.1 Å². The van der Waals surface area contributed by atoms with Crippen LogP contribution in [0.5, 0.6) is 0 Å². The van der Waals surface area contributed by atoms with Crippen LogP contribution in [-0.4, -0.2) is 55.0 Å². The van der Waals surface area contributed by atoms with E-state index >= 15 is 0 Å². The van der Waals surface area contributed by atoms with Crippen LogP contribution in [-0.2, 0) is 33.5 Å². The lowest BCUT2D eigenvalue weighted by atomic mass is 9.95. The number of nitrogens with two attached hydrogens (primary N) is 3. The number of amidine groups is 3. The second-order valence-electron chi connectivity index (χ2n) is 11.9. The standard InChI is InChI=1S/2C12H16N2O.C11H14N2O/c2*1-12(9-15-11(13)14-12)8-7-10-5-3-2-4-6-10;12-11-13-10(8-14-11)7-6-9-4-2-1-3-5-9/h2*2-6H,7-9H2,1H3,(H2,13,14);1-5,10H,6-8H2,(H2,12,13)/t12-;;10-/m0.0/s1. The summed E-state index contributed by atoms with van der Waals surface area (Å²) in [5, 5.41) is 0. The van der Waals surface area contributed by atoms with E-state index < -0.39 is 0 Å². The van der Waals surface area contributed by atoms with Gasteiger partial charge in [0.15, 0.2) is 0 Å². The molecule has 0 spiro atoms. The first-order chi connectivity index (χ1) is 21.2. The molecule has 3 aliphatic heterocycles. The molecule has 3 aromatic rings. The molecule has 234 valence electrons. The average Bonchev–Trinajstić information content (AvgIpc) is 3.73. The van der Waals surface area contributed by atoms with Crippen molar-refractivity contribution in [3.8, 4) is 0 Å². The van der Waals surface area contributed by atoms with Gasteiger partial charge in [0, 0.05) is 0 Å². The van der Waals surface area contributed by atoms with E-state index in [0.717, 1.165) is 38.5 Å². The fourth-order valence-electron chi connectivity index (χ4n) is 5.05. The van der Waals surface area contributed by atoms with E-state index in [9.17, 15) is 0 Å². The zero-order chi connectivity index (χ0) is 31.3. The summed E-state index contributed by atoms with van der Waals surface area (Å²) in [5.74, 6) is 0. The third-order valence-corrected chi connectivity index (χ3v) is 7.75. The first-order valence-corrected chi connectivity index (χ1v) is 15.2. The summed E-state index contributed by atoms with van der Waals surface area (Å²) in [7, 11) is 0. The maximum Gasteiger partial charge on any atom is 0.282 e. The quantitative estimate of drug-likeness (QED) is 0.324. The molecule has 9 nitrogen and oxygen atoms in total. The zero-order valence-corrected chi connectivity index (χ0v) is 25.9. The third-order valence-electron chi connectivity index (χ3n) is 7.75. The van der Waals surface area contributed by atoms with Crippen LogP contribution in [0.25, 0.3) is 0 Å². The Morgan fingerprint density at radius 2 is 1.00 bits per heavy atom. The minimum absolute atomic E-state index is 0.139. The van der Waals surface area contributed by atoms with E-state index in [1.165, 1.54) is 16.7 Å². The Hall–Kier alpha value is -4.53. The van der Waals surface area contributed by atoms with Crippen LogP contribution in [0, 0.1) is 0 Å². The van der Waals surface area contributed by atoms with E-state index in [0.29, 0.717) is 37.9 Å². The Labute approximate surface area is 261 Å². The number of rotatable bonds is 9. The SMILES string of the molecule is CC1(CCc2ccccc2)COC(N)=N1.C[C@]1(CCc2ccccc2)COC(N)=N1.NC1=N[C@@H](CCc2ccccc2)CO1. The van der Waals surface area contributed by atoms with Crippen LogP contribution in [0.2, 0.25) is 0 Å². The molecule has 6 rings (SSSR count). The molecule has 0 bridgehead atoms. The monoisotopic (exact) mass is 598 g/mol. The molecule has 3 heterocycles. The summed E-state index contributed by atoms with van der Waals surface area (Å²) < 4.78 is 15.5. The molecular weight excluding hydrogens is 552 g/mol. The maximum absolute atomic E-state index is 5.51. The first-order valence-electron chi connectivity index (χ1n) is 15.2. The van der Waals surface area contributed by atoms with Crippen LogP contribution >= 0.6 is 0 Å². The Kier molecular flexibility index (Phi) is 11.6. The number of hydrogen-bond donors (Lipinski definition) is 3. The third kappa shape index (κ3) is 10.9. The highest BCUT2D eigenvalue weighted by molar-refractivity contribution is 5.74. The van der Waals surface area contributed by atoms with E-state index in [4.69, 9.17) is 31.4 Å². The van der Waals surface area contributed by atoms with Crippen molar-refractivity contribution < 1.29 is 14.2 Å². The summed E-state index contributed by atoms with van der Waals surface area (Å²) in [6, 6.07) is 32.4. The van der Waals surface area contributed by atoms with Gasteiger partial charge in [0.2, 0.25) is 0 Å². The van der Waals surface area contributed by atoms with Crippen molar-refractivity contribution in [3.63, 3.8) is 0 Å². The lowest BCUT2D eigenvalue weighted by Crippen LogP contribution is -2.24. The summed E-state index contributed by atoms with van der Waals surface area (Å²) in [4.78, 5) is 12.8. The predicted molar refractivity (Wildman–Crippen MR) is 178 cm³/mol. The van der Waals surface area contributed by atoms with Gasteiger partial charge in [0.1, 0.15) is 19.8 Å². The Bertz CT molecular complexity index is 1310. The normalized spacial score (nSPS) is 23.3. The van der Waals surface area contributed by atoms with Crippen molar-refractivity contribution in [2.75, 3.05) is 19.8 Å². The molecule has 0 saturated carbocycles. The van der Waals surface area contributed by atoms with E-state index in [2.05, 4.69) is 102 Å². The van der Waals surface area contributed by atoms with Crippen LogP contribution in [0.3, 0.4) is 0 Å². The number of ether oxygens (including phenoxy) is 3. The second-order valence-corrected chi connectivity index (χ2v) is 11.9. The molecular formula is C35H46N6O3. The predicted octanol–water partition coefficient (Wildman–Crippen LogP) is 4.78. The van der Waals surface area contributed by atoms with Crippen LogP contribution in [0.1, 0.15) is 49.8 Å². The largest absolute Gasteiger partial charge is 0.463 e. The van der Waals surface area contributed by atoms with Gasteiger partial charge in [-0.1, -0.05) is 91.0 Å². The zero-order valence-electron chi connectivity index (χ0n) is 25.9. The number of nitrogens with zero attached hydrogens (tertiary/aromatic N) is 3. The molecule has 44 heavy (non-hydrogen) atoms. The van der Waals surface area contributed by atoms with Gasteiger partial charge in [-0.2, -0.15) is 0 Å². The van der Waals surface area contributed by atoms with Crippen molar-refractivity contribution in [1.29, 1.82) is 0 Å². The van der Waals surface area contributed by atoms with E-state index in [1.54, 1.807) is 0 Å². The number of benzene rings is 3. The molecule has 0 radical (unpaired) electrons. The molecule has 6 N–H and O–H groups in total. The summed E-state index contributed by atoms with van der Waals surface area (Å²) >= 11 is 0. The van der Waals surface area contributed by atoms with Crippen molar-refractivity contribution in [1.82, 2.24) is 0 Å². The van der Waals surface area contributed by atoms with Gasteiger partial charge in [-0.25, -0.2) is 15.0 Å². The lowest BCUT2D eigenvalue weighted by molar-refractivity contribution is 0.255. The average molecular weight is 599 g/mol. The lowest BCUT2D eigenvalue weighted by Gasteiger charge is -2.17. The van der Waals surface area contributed by atoms with E-state index in [-0.39, 0.29) is 17.1 Å². The molecule has 0 aromatic heterocycles. The van der Waals surface area contributed by atoms with Gasteiger partial charge < -0.3 is 31.4 Å². The van der Waals surface area contributed by atoms with E-state index in [1.807, 2.05) is 18.2 Å². The fraction of sp³-hybridized carbons (Fsp3) is 0.400. The fourth-order valence-corrected chi connectivity index (χ4v) is 5.05. The number of hydrogen-bond acceptors (Lipinski definition) is 9. The summed E-state index contributed by atoms with van der Waals surface area (Å²) in [6.07, 6.45) is 6.00. The molecule has 0 fully saturated rings. The minimum Gasteiger partial charge on any atom is -0.463 e. The van der Waals surface area contributed by atoms with Gasteiger partial charge in [0.25, 0.3) is 18.1 Å². The van der Waals surface area contributed by atoms with Crippen LogP contribution in [0.15, 0.2) is 106 Å². The second kappa shape index (κ2) is 15.8. The Balaban J connectivity index is 0.000000151. The maximum atomic E-state index is 5.51. The van der Waals surface area contributed by atoms with Crippen molar-refractivity contribution in [3.05, 3.63) is 108 Å². The minimum atomic E-state index is -0.139. The van der Waals surface area contributed by atoms with Crippen molar-refractivity contribution in [2.45, 2.75) is 69.5 Å². The molecule has 0 saturated heterocycles. The topological polar surface area (TPSA) is 143 Å². The van der Waals surface area contributed by atoms with Gasteiger partial charge in [0.05, 0.1) is 17.1 Å². The highest BCUT2D eigenvalue weighted by Gasteiger charge is 2.31. The van der Waals surface area contributed by atoms with Crippen LogP contribution in [0.4, 0.5) is 0 Å². The highest BCUT2D eigenvalue weighted by atomic mass is 16.5. The van der Waals surface area contributed by atoms with Crippen molar-refractivity contribution in [2.24, 2.45) is 32.2 Å². The molecule has 0 amide bonds. The molecule has 1 unspecified atom stereocenters. The van der Waals surface area contributed by atoms with Gasteiger partial charge in [-0.3, -0.25) is 0 Å². The smallest absolute Gasteiger partial charge is 0.282 e. The summed E-state index contributed by atoms with van der Waals surface area (Å²) in [6.45, 7) is 6.00. The van der Waals surface area contributed by atoms with Crippen LogP contribution < -0.4 is 17.2 Å². The van der Waals surface area contributed by atoms with Gasteiger partial charge in [-0.15, -0.1) is 0 Å². The molecule has 0 aliphatic carbocycles. The highest BCUT2D eigenvalue weighted by Crippen LogP contribution is 2.24. The Morgan fingerprint density at radius 3 is 1.34 bits per heavy atom. The molecule has 3 aliphatic rings. The number of aliphatic imine (C=N–C) groups is 3. The number of aryl methyl sites for hydroxylation is 3. The molecule has 3 aromatic carbocycles. The molecule has 9 heteroatoms. The summed E-state index contributed by atoms with van der Waals surface area (Å²) in [5.41, 5.74) is 20.2. The van der Waals surface area contributed by atoms with Gasteiger partial charge >= 0.3 is 0 Å².